The van der Waals surface area contributed by atoms with Crippen molar-refractivity contribution in [2.75, 3.05) is 11.4 Å². The quantitative estimate of drug-likeness (QED) is 0.445. The van der Waals surface area contributed by atoms with Gasteiger partial charge in [0, 0.05) is 29.1 Å². The van der Waals surface area contributed by atoms with E-state index < -0.39 is 22.0 Å². The smallest absolute Gasteiger partial charge is 0.264 e. The fourth-order valence-corrected chi connectivity index (χ4v) is 5.41. The van der Waals surface area contributed by atoms with Gasteiger partial charge in [-0.05, 0) is 36.2 Å². The summed E-state index contributed by atoms with van der Waals surface area (Å²) in [4.78, 5) is 33.0. The van der Waals surface area contributed by atoms with E-state index in [1.54, 1.807) is 36.4 Å². The molecule has 3 aromatic carbocycles. The second-order valence-electron chi connectivity index (χ2n) is 8.92. The van der Waals surface area contributed by atoms with E-state index in [4.69, 9.17) is 16.6 Å². The Morgan fingerprint density at radius 2 is 1.70 bits per heavy atom. The lowest BCUT2D eigenvalue weighted by Crippen LogP contribution is -2.43. The van der Waals surface area contributed by atoms with E-state index in [0.717, 1.165) is 12.0 Å². The molecule has 2 atom stereocenters. The van der Waals surface area contributed by atoms with Crippen LogP contribution in [0.4, 0.5) is 5.69 Å². The number of benzodiazepines with no additional fused rings is 1. The first-order chi connectivity index (χ1) is 17.7. The van der Waals surface area contributed by atoms with Gasteiger partial charge in [0.2, 0.25) is 5.91 Å². The van der Waals surface area contributed by atoms with Gasteiger partial charge < -0.3 is 4.90 Å². The Morgan fingerprint density at radius 3 is 2.35 bits per heavy atom. The van der Waals surface area contributed by atoms with E-state index in [9.17, 15) is 18.0 Å². The molecule has 1 aliphatic heterocycles. The highest BCUT2D eigenvalue weighted by Crippen LogP contribution is 2.33. The largest absolute Gasteiger partial charge is 0.309 e. The van der Waals surface area contributed by atoms with Crippen molar-refractivity contribution >= 4 is 44.8 Å². The minimum atomic E-state index is -4.02. The summed E-state index contributed by atoms with van der Waals surface area (Å²) in [5.74, 6) is -1.02. The summed E-state index contributed by atoms with van der Waals surface area (Å²) in [5, 5.41) is 0.489. The van der Waals surface area contributed by atoms with Gasteiger partial charge in [-0.2, -0.15) is 0 Å². The van der Waals surface area contributed by atoms with Crippen molar-refractivity contribution in [3.8, 4) is 0 Å². The van der Waals surface area contributed by atoms with Gasteiger partial charge in [0.05, 0.1) is 16.3 Å². The molecule has 0 saturated heterocycles. The van der Waals surface area contributed by atoms with Crippen molar-refractivity contribution in [1.82, 2.24) is 4.72 Å². The molecule has 0 bridgehead atoms. The number of carbonyl (C=O) groups excluding carboxylic acids is 2. The molecule has 0 aliphatic carbocycles. The van der Waals surface area contributed by atoms with Gasteiger partial charge in [-0.25, -0.2) is 13.1 Å². The zero-order valence-corrected chi connectivity index (χ0v) is 22.2. The van der Waals surface area contributed by atoms with Gasteiger partial charge >= 0.3 is 0 Å². The summed E-state index contributed by atoms with van der Waals surface area (Å²) in [6, 6.07) is 21.8. The first kappa shape index (κ1) is 26.6. The fraction of sp³-hybridized carbons (Fsp3) is 0.250. The monoisotopic (exact) mass is 537 g/mol. The number of carbonyl (C=O) groups is 2. The van der Waals surface area contributed by atoms with E-state index in [2.05, 4.69) is 4.72 Å². The third-order valence-corrected chi connectivity index (χ3v) is 8.01. The van der Waals surface area contributed by atoms with Gasteiger partial charge in [0.25, 0.3) is 15.9 Å². The predicted molar refractivity (Wildman–Crippen MR) is 146 cm³/mol. The third-order valence-electron chi connectivity index (χ3n) is 6.39. The number of rotatable bonds is 8. The SMILES string of the molecule is CC[C@H](C)C1N=C(c2ccccc2)c2cc(Cl)ccc2N(CCC(=O)NS(=O)(=O)c2ccccc2)C1=O. The maximum atomic E-state index is 13.8. The Morgan fingerprint density at radius 1 is 1.05 bits per heavy atom. The first-order valence-corrected chi connectivity index (χ1v) is 13.9. The van der Waals surface area contributed by atoms with Crippen molar-refractivity contribution < 1.29 is 18.0 Å². The van der Waals surface area contributed by atoms with Crippen molar-refractivity contribution in [2.45, 2.75) is 37.6 Å². The van der Waals surface area contributed by atoms with Crippen molar-refractivity contribution in [1.29, 1.82) is 0 Å². The van der Waals surface area contributed by atoms with Crippen LogP contribution < -0.4 is 9.62 Å². The van der Waals surface area contributed by atoms with E-state index in [1.165, 1.54) is 17.0 Å². The predicted octanol–water partition coefficient (Wildman–Crippen LogP) is 4.83. The molecule has 192 valence electrons. The number of fused-ring (bicyclic) bond motifs is 1. The summed E-state index contributed by atoms with van der Waals surface area (Å²) in [6.07, 6.45) is 0.510. The van der Waals surface area contributed by atoms with E-state index in [-0.39, 0.29) is 29.7 Å². The maximum absolute atomic E-state index is 13.8. The lowest BCUT2D eigenvalue weighted by Gasteiger charge is -2.27. The van der Waals surface area contributed by atoms with Crippen LogP contribution in [-0.4, -0.2) is 38.5 Å². The van der Waals surface area contributed by atoms with Crippen LogP contribution in [0.1, 0.15) is 37.8 Å². The van der Waals surface area contributed by atoms with Crippen molar-refractivity contribution in [2.24, 2.45) is 10.9 Å². The lowest BCUT2D eigenvalue weighted by atomic mass is 9.98. The zero-order chi connectivity index (χ0) is 26.6. The molecule has 1 unspecified atom stereocenters. The third kappa shape index (κ3) is 5.92. The Kier molecular flexibility index (Phi) is 8.10. The Hall–Kier alpha value is -3.49. The number of aliphatic imine (C=N–C) groups is 1. The van der Waals surface area contributed by atoms with Crippen LogP contribution in [0.15, 0.2) is 88.8 Å². The molecule has 9 heteroatoms. The minimum absolute atomic E-state index is 0.00748. The van der Waals surface area contributed by atoms with Crippen molar-refractivity contribution in [3.05, 3.63) is 95.0 Å². The zero-order valence-electron chi connectivity index (χ0n) is 20.6. The van der Waals surface area contributed by atoms with Gasteiger partial charge in [-0.3, -0.25) is 14.6 Å². The van der Waals surface area contributed by atoms with Crippen LogP contribution in [0.3, 0.4) is 0 Å². The molecule has 7 nitrogen and oxygen atoms in total. The Bertz CT molecular complexity index is 1430. The van der Waals surface area contributed by atoms with Crippen LogP contribution in [-0.2, 0) is 19.6 Å². The molecule has 0 fully saturated rings. The topological polar surface area (TPSA) is 95.9 Å². The number of amides is 2. The Labute approximate surface area is 222 Å². The normalized spacial score (nSPS) is 16.4. The van der Waals surface area contributed by atoms with Crippen LogP contribution in [0.2, 0.25) is 5.02 Å². The van der Waals surface area contributed by atoms with Crippen LogP contribution in [0.5, 0.6) is 0 Å². The van der Waals surface area contributed by atoms with Crippen LogP contribution in [0.25, 0.3) is 0 Å². The number of hydrogen-bond acceptors (Lipinski definition) is 5. The standard InChI is InChI=1S/C28H28ClN3O4S/c1-3-19(2)26-28(34)32(17-16-25(33)31-37(35,36)22-12-8-5-9-13-22)24-15-14-21(29)18-23(24)27(30-26)20-10-6-4-7-11-20/h4-15,18-19,26H,3,16-17H2,1-2H3,(H,31,33)/t19-,26?/m0/s1. The number of hydrogen-bond donors (Lipinski definition) is 1. The molecule has 1 N–H and O–H groups in total. The molecule has 1 heterocycles. The molecule has 0 aromatic heterocycles. The van der Waals surface area contributed by atoms with Gasteiger partial charge in [-0.1, -0.05) is 80.4 Å². The Balaban J connectivity index is 1.68. The van der Waals surface area contributed by atoms with Gasteiger partial charge in [0.1, 0.15) is 6.04 Å². The molecule has 3 aromatic rings. The summed E-state index contributed by atoms with van der Waals surface area (Å²) in [7, 11) is -4.02. The van der Waals surface area contributed by atoms with Crippen LogP contribution in [0, 0.1) is 5.92 Å². The summed E-state index contributed by atoms with van der Waals surface area (Å²) in [5.41, 5.74) is 2.74. The number of benzene rings is 3. The average Bonchev–Trinajstić information content (AvgIpc) is 3.01. The first-order valence-electron chi connectivity index (χ1n) is 12.1. The minimum Gasteiger partial charge on any atom is -0.309 e. The number of sulfonamides is 1. The highest BCUT2D eigenvalue weighted by molar-refractivity contribution is 7.90. The molecule has 1 aliphatic rings. The van der Waals surface area contributed by atoms with E-state index >= 15 is 0 Å². The number of nitrogens with one attached hydrogen (secondary N) is 1. The number of nitrogens with zero attached hydrogens (tertiary/aromatic N) is 2. The molecule has 2 amide bonds. The average molecular weight is 538 g/mol. The lowest BCUT2D eigenvalue weighted by molar-refractivity contribution is -0.121. The van der Waals surface area contributed by atoms with Crippen molar-refractivity contribution in [3.63, 3.8) is 0 Å². The molecule has 0 spiro atoms. The number of halogens is 1. The number of anilines is 1. The van der Waals surface area contributed by atoms with Gasteiger partial charge in [0.15, 0.2) is 0 Å². The highest BCUT2D eigenvalue weighted by atomic mass is 35.5. The summed E-state index contributed by atoms with van der Waals surface area (Å²) in [6.45, 7) is 3.94. The van der Waals surface area contributed by atoms with Crippen LogP contribution >= 0.6 is 11.6 Å². The second-order valence-corrected chi connectivity index (χ2v) is 11.0. The van der Waals surface area contributed by atoms with Gasteiger partial charge in [-0.15, -0.1) is 0 Å². The fourth-order valence-electron chi connectivity index (χ4n) is 4.20. The van der Waals surface area contributed by atoms with E-state index in [1.807, 2.05) is 44.2 Å². The molecular weight excluding hydrogens is 510 g/mol. The maximum Gasteiger partial charge on any atom is 0.264 e. The second kappa shape index (κ2) is 11.3. The molecule has 0 saturated carbocycles. The highest BCUT2D eigenvalue weighted by Gasteiger charge is 2.35. The molecule has 0 radical (unpaired) electrons. The summed E-state index contributed by atoms with van der Waals surface area (Å²) < 4.78 is 27.3. The summed E-state index contributed by atoms with van der Waals surface area (Å²) >= 11 is 6.36. The van der Waals surface area contributed by atoms with E-state index in [0.29, 0.717) is 22.0 Å². The molecule has 37 heavy (non-hydrogen) atoms. The molecular formula is C28H28ClN3O4S. The molecule has 4 rings (SSSR count).